The van der Waals surface area contributed by atoms with Gasteiger partial charge in [0.05, 0.1) is 23.3 Å². The highest BCUT2D eigenvalue weighted by Crippen LogP contribution is 2.33. The molecule has 0 radical (unpaired) electrons. The number of pyridine rings is 1. The molecule has 0 fully saturated rings. The molecule has 1 aromatic carbocycles. The first-order valence-electron chi connectivity index (χ1n) is 6.56. The minimum atomic E-state index is -0.117. The molecule has 0 amide bonds. The van der Waals surface area contributed by atoms with Crippen LogP contribution in [0.15, 0.2) is 27.6 Å². The number of halogens is 2. The van der Waals surface area contributed by atoms with Crippen LogP contribution in [-0.4, -0.2) is 11.2 Å². The summed E-state index contributed by atoms with van der Waals surface area (Å²) in [5.41, 5.74) is 9.13. The SMILES string of the molecule is Cc1c(N)cn(Cc2cc(Cl)cc3c2OCC3)c(=O)c1Br. The van der Waals surface area contributed by atoms with E-state index in [-0.39, 0.29) is 5.56 Å². The lowest BCUT2D eigenvalue weighted by Gasteiger charge is -2.13. The molecule has 2 aromatic rings. The van der Waals surface area contributed by atoms with E-state index in [1.165, 1.54) is 0 Å². The molecule has 110 valence electrons. The maximum Gasteiger partial charge on any atom is 0.265 e. The lowest BCUT2D eigenvalue weighted by molar-refractivity contribution is 0.352. The van der Waals surface area contributed by atoms with Crippen molar-refractivity contribution in [2.24, 2.45) is 0 Å². The minimum Gasteiger partial charge on any atom is -0.493 e. The molecule has 3 rings (SSSR count). The topological polar surface area (TPSA) is 57.2 Å². The van der Waals surface area contributed by atoms with Crippen LogP contribution in [-0.2, 0) is 13.0 Å². The number of fused-ring (bicyclic) bond motifs is 1. The molecule has 0 atom stereocenters. The quantitative estimate of drug-likeness (QED) is 0.885. The monoisotopic (exact) mass is 368 g/mol. The van der Waals surface area contributed by atoms with Crippen LogP contribution in [0.3, 0.4) is 0 Å². The van der Waals surface area contributed by atoms with Gasteiger partial charge in [-0.1, -0.05) is 11.6 Å². The molecule has 4 nitrogen and oxygen atoms in total. The average Bonchev–Trinajstić information content (AvgIpc) is 2.90. The van der Waals surface area contributed by atoms with Crippen LogP contribution < -0.4 is 16.0 Å². The molecule has 0 saturated carbocycles. The summed E-state index contributed by atoms with van der Waals surface area (Å²) in [5, 5.41) is 0.654. The predicted octanol–water partition coefficient (Wildman–Crippen LogP) is 3.14. The van der Waals surface area contributed by atoms with E-state index in [0.717, 1.165) is 28.9 Å². The van der Waals surface area contributed by atoms with Gasteiger partial charge in [0.1, 0.15) is 5.75 Å². The van der Waals surface area contributed by atoms with Gasteiger partial charge in [-0.25, -0.2) is 0 Å². The van der Waals surface area contributed by atoms with E-state index in [1.807, 2.05) is 19.1 Å². The van der Waals surface area contributed by atoms with Crippen LogP contribution in [0.4, 0.5) is 5.69 Å². The average molecular weight is 370 g/mol. The van der Waals surface area contributed by atoms with Crippen LogP contribution in [0.2, 0.25) is 5.02 Å². The van der Waals surface area contributed by atoms with Crippen molar-refractivity contribution < 1.29 is 4.74 Å². The van der Waals surface area contributed by atoms with E-state index < -0.39 is 0 Å². The molecule has 1 aliphatic rings. The Morgan fingerprint density at radius 2 is 2.24 bits per heavy atom. The number of nitrogens with zero attached hydrogens (tertiary/aromatic N) is 1. The maximum atomic E-state index is 12.3. The number of nitrogens with two attached hydrogens (primary N) is 1. The first kappa shape index (κ1) is 14.5. The van der Waals surface area contributed by atoms with Crippen LogP contribution in [0.5, 0.6) is 5.75 Å². The first-order valence-corrected chi connectivity index (χ1v) is 7.73. The number of benzene rings is 1. The molecular formula is C15H14BrClN2O2. The third-order valence-corrected chi connectivity index (χ3v) is 4.82. The molecule has 2 heterocycles. The van der Waals surface area contributed by atoms with Crippen LogP contribution in [0.25, 0.3) is 0 Å². The Labute approximate surface area is 135 Å². The van der Waals surface area contributed by atoms with Gasteiger partial charge in [0, 0.05) is 23.2 Å². The molecular weight excluding hydrogens is 356 g/mol. The van der Waals surface area contributed by atoms with Crippen molar-refractivity contribution in [3.05, 3.63) is 54.9 Å². The van der Waals surface area contributed by atoms with E-state index in [9.17, 15) is 4.79 Å². The number of anilines is 1. The molecule has 0 spiro atoms. The minimum absolute atomic E-state index is 0.117. The summed E-state index contributed by atoms with van der Waals surface area (Å²) < 4.78 is 7.72. The Morgan fingerprint density at radius 1 is 1.48 bits per heavy atom. The van der Waals surface area contributed by atoms with Gasteiger partial charge in [0.25, 0.3) is 5.56 Å². The van der Waals surface area contributed by atoms with Crippen LogP contribution in [0, 0.1) is 6.92 Å². The zero-order chi connectivity index (χ0) is 15.1. The summed E-state index contributed by atoms with van der Waals surface area (Å²) >= 11 is 9.45. The highest BCUT2D eigenvalue weighted by atomic mass is 79.9. The summed E-state index contributed by atoms with van der Waals surface area (Å²) in [6, 6.07) is 3.75. The fraction of sp³-hybridized carbons (Fsp3) is 0.267. The third-order valence-electron chi connectivity index (χ3n) is 3.67. The van der Waals surface area contributed by atoms with Crippen LogP contribution in [0.1, 0.15) is 16.7 Å². The molecule has 0 bridgehead atoms. The summed E-state index contributed by atoms with van der Waals surface area (Å²) in [4.78, 5) is 12.3. The summed E-state index contributed by atoms with van der Waals surface area (Å²) in [6.07, 6.45) is 2.50. The third kappa shape index (κ3) is 2.56. The normalized spacial score (nSPS) is 13.1. The van der Waals surface area contributed by atoms with Crippen molar-refractivity contribution in [2.75, 3.05) is 12.3 Å². The van der Waals surface area contributed by atoms with E-state index in [0.29, 0.717) is 28.3 Å². The lowest BCUT2D eigenvalue weighted by atomic mass is 10.1. The van der Waals surface area contributed by atoms with Crippen molar-refractivity contribution in [1.82, 2.24) is 4.57 Å². The highest BCUT2D eigenvalue weighted by Gasteiger charge is 2.19. The molecule has 1 aromatic heterocycles. The number of ether oxygens (including phenoxy) is 1. The zero-order valence-corrected chi connectivity index (χ0v) is 13.8. The second-order valence-corrected chi connectivity index (χ2v) is 6.34. The van der Waals surface area contributed by atoms with Gasteiger partial charge in [0.15, 0.2) is 0 Å². The molecule has 0 unspecified atom stereocenters. The van der Waals surface area contributed by atoms with E-state index in [4.69, 9.17) is 22.1 Å². The summed E-state index contributed by atoms with van der Waals surface area (Å²) in [5.74, 6) is 0.835. The first-order chi connectivity index (χ1) is 9.97. The Kier molecular flexibility index (Phi) is 3.71. The predicted molar refractivity (Wildman–Crippen MR) is 87.3 cm³/mol. The zero-order valence-electron chi connectivity index (χ0n) is 11.5. The Hall–Kier alpha value is -1.46. The molecule has 0 aliphatic carbocycles. The largest absolute Gasteiger partial charge is 0.493 e. The molecule has 6 heteroatoms. The van der Waals surface area contributed by atoms with Gasteiger partial charge >= 0.3 is 0 Å². The van der Waals surface area contributed by atoms with E-state index in [2.05, 4.69) is 15.9 Å². The lowest BCUT2D eigenvalue weighted by Crippen LogP contribution is -2.23. The van der Waals surface area contributed by atoms with Gasteiger partial charge in [-0.05, 0) is 46.1 Å². The Balaban J connectivity index is 2.08. The fourth-order valence-corrected chi connectivity index (χ4v) is 3.22. The number of hydrogen-bond donors (Lipinski definition) is 1. The van der Waals surface area contributed by atoms with Crippen molar-refractivity contribution in [1.29, 1.82) is 0 Å². The van der Waals surface area contributed by atoms with Crippen molar-refractivity contribution in [3.63, 3.8) is 0 Å². The van der Waals surface area contributed by atoms with Crippen molar-refractivity contribution in [2.45, 2.75) is 19.9 Å². The Morgan fingerprint density at radius 3 is 3.00 bits per heavy atom. The van der Waals surface area contributed by atoms with Crippen LogP contribution >= 0.6 is 27.5 Å². The van der Waals surface area contributed by atoms with Gasteiger partial charge in [-0.3, -0.25) is 4.79 Å². The molecule has 0 saturated heterocycles. The molecule has 21 heavy (non-hydrogen) atoms. The summed E-state index contributed by atoms with van der Waals surface area (Å²) in [7, 11) is 0. The van der Waals surface area contributed by atoms with Gasteiger partial charge in [-0.15, -0.1) is 0 Å². The maximum absolute atomic E-state index is 12.3. The van der Waals surface area contributed by atoms with Crippen molar-refractivity contribution >= 4 is 33.2 Å². The standard InChI is InChI=1S/C15H14BrClN2O2/c1-8-12(18)7-19(15(20)13(8)16)6-10-5-11(17)4-9-2-3-21-14(9)10/h4-5,7H,2-3,6,18H2,1H3. The van der Waals surface area contributed by atoms with Gasteiger partial charge in [0.2, 0.25) is 0 Å². The molecule has 2 N–H and O–H groups in total. The number of hydrogen-bond acceptors (Lipinski definition) is 3. The highest BCUT2D eigenvalue weighted by molar-refractivity contribution is 9.10. The number of nitrogen functional groups attached to an aromatic ring is 1. The second-order valence-electron chi connectivity index (χ2n) is 5.11. The second kappa shape index (κ2) is 5.39. The van der Waals surface area contributed by atoms with E-state index in [1.54, 1.807) is 10.8 Å². The van der Waals surface area contributed by atoms with Gasteiger partial charge in [-0.2, -0.15) is 0 Å². The number of aromatic nitrogens is 1. The van der Waals surface area contributed by atoms with Crippen molar-refractivity contribution in [3.8, 4) is 5.75 Å². The smallest absolute Gasteiger partial charge is 0.265 e. The van der Waals surface area contributed by atoms with Gasteiger partial charge < -0.3 is 15.0 Å². The Bertz CT molecular complexity index is 786. The number of rotatable bonds is 2. The summed E-state index contributed by atoms with van der Waals surface area (Å²) in [6.45, 7) is 2.84. The fourth-order valence-electron chi connectivity index (χ4n) is 2.50. The van der Waals surface area contributed by atoms with E-state index >= 15 is 0 Å². The molecule has 1 aliphatic heterocycles.